The van der Waals surface area contributed by atoms with E-state index in [0.29, 0.717) is 11.5 Å². The second-order valence-corrected chi connectivity index (χ2v) is 4.63. The fourth-order valence-corrected chi connectivity index (χ4v) is 2.12. The molecule has 0 radical (unpaired) electrons. The minimum atomic E-state index is -3.57. The molecule has 0 bridgehead atoms. The first-order valence-electron chi connectivity index (χ1n) is 5.69. The van der Waals surface area contributed by atoms with Gasteiger partial charge in [-0.15, -0.1) is 21.2 Å². The predicted octanol–water partition coefficient (Wildman–Crippen LogP) is 3.23. The Balaban J connectivity index is 0.00000120. The van der Waals surface area contributed by atoms with Gasteiger partial charge in [0.05, 0.1) is 0 Å². The minimum Gasteiger partial charge on any atom is -0.395 e. The molecule has 1 saturated carbocycles. The monoisotopic (exact) mass is 277 g/mol. The Morgan fingerprint density at radius 3 is 2.72 bits per heavy atom. The molecule has 100 valence electrons. The number of hydrogen-bond donors (Lipinski definition) is 1. The summed E-state index contributed by atoms with van der Waals surface area (Å²) in [5.74, 6) is 0.785. The van der Waals surface area contributed by atoms with Crippen LogP contribution in [0.5, 0.6) is 11.5 Å². The van der Waals surface area contributed by atoms with Crippen LogP contribution < -0.4 is 15.2 Å². The average Bonchev–Trinajstić information content (AvgIpc) is 2.97. The maximum Gasteiger partial charge on any atom is 0.586 e. The topological polar surface area (TPSA) is 44.5 Å². The highest BCUT2D eigenvalue weighted by molar-refractivity contribution is 5.85. The number of hydrogen-bond acceptors (Lipinski definition) is 3. The Hall–Kier alpha value is -1.07. The molecule has 3 rings (SSSR count). The fourth-order valence-electron chi connectivity index (χ4n) is 2.12. The summed E-state index contributed by atoms with van der Waals surface area (Å²) in [6.07, 6.45) is -0.407. The van der Waals surface area contributed by atoms with Gasteiger partial charge < -0.3 is 15.2 Å². The Morgan fingerprint density at radius 1 is 1.33 bits per heavy atom. The Bertz CT molecular complexity index is 452. The van der Waals surface area contributed by atoms with Crippen molar-refractivity contribution in [1.82, 2.24) is 0 Å². The van der Waals surface area contributed by atoms with Crippen molar-refractivity contribution in [3.63, 3.8) is 0 Å². The molecule has 1 aliphatic carbocycles. The molecule has 0 saturated heterocycles. The van der Waals surface area contributed by atoms with Gasteiger partial charge in [0.2, 0.25) is 0 Å². The van der Waals surface area contributed by atoms with E-state index in [1.54, 1.807) is 12.1 Å². The lowest BCUT2D eigenvalue weighted by Gasteiger charge is -2.13. The van der Waals surface area contributed by atoms with Crippen LogP contribution in [0.15, 0.2) is 18.2 Å². The van der Waals surface area contributed by atoms with Crippen LogP contribution in [0.3, 0.4) is 0 Å². The zero-order valence-electron chi connectivity index (χ0n) is 9.57. The third-order valence-corrected chi connectivity index (χ3v) is 3.14. The van der Waals surface area contributed by atoms with Gasteiger partial charge in [-0.1, -0.05) is 25.0 Å². The number of benzene rings is 1. The molecular formula is C12H14ClF2NO2. The van der Waals surface area contributed by atoms with E-state index in [1.165, 1.54) is 18.9 Å². The van der Waals surface area contributed by atoms with E-state index in [0.717, 1.165) is 6.42 Å². The molecule has 1 aliphatic heterocycles. The molecule has 0 amide bonds. The molecule has 0 spiro atoms. The first kappa shape index (κ1) is 13.4. The fraction of sp³-hybridized carbons (Fsp3) is 0.500. The van der Waals surface area contributed by atoms with Gasteiger partial charge in [-0.2, -0.15) is 0 Å². The van der Waals surface area contributed by atoms with Crippen LogP contribution in [-0.4, -0.2) is 6.29 Å². The summed E-state index contributed by atoms with van der Waals surface area (Å²) < 4.78 is 34.8. The van der Waals surface area contributed by atoms with E-state index in [-0.39, 0.29) is 29.9 Å². The van der Waals surface area contributed by atoms with Crippen LogP contribution in [0.2, 0.25) is 0 Å². The summed E-state index contributed by atoms with van der Waals surface area (Å²) in [4.78, 5) is 0. The smallest absolute Gasteiger partial charge is 0.395 e. The van der Waals surface area contributed by atoms with Gasteiger partial charge in [0.25, 0.3) is 0 Å². The van der Waals surface area contributed by atoms with Crippen LogP contribution in [0.4, 0.5) is 8.78 Å². The second kappa shape index (κ2) is 4.55. The molecule has 1 fully saturated rings. The largest absolute Gasteiger partial charge is 0.586 e. The van der Waals surface area contributed by atoms with Crippen molar-refractivity contribution in [3.05, 3.63) is 23.8 Å². The van der Waals surface area contributed by atoms with Gasteiger partial charge in [-0.25, -0.2) is 0 Å². The van der Waals surface area contributed by atoms with Gasteiger partial charge in [-0.05, 0) is 18.4 Å². The van der Waals surface area contributed by atoms with Crippen molar-refractivity contribution in [2.45, 2.75) is 31.6 Å². The predicted molar refractivity (Wildman–Crippen MR) is 64.2 cm³/mol. The summed E-state index contributed by atoms with van der Waals surface area (Å²) in [6, 6.07) is 4.57. The van der Waals surface area contributed by atoms with Crippen LogP contribution in [0, 0.1) is 5.92 Å². The lowest BCUT2D eigenvalue weighted by molar-refractivity contribution is -0.287. The number of alkyl halides is 2. The van der Waals surface area contributed by atoms with E-state index in [4.69, 9.17) is 5.73 Å². The molecule has 1 aromatic rings. The average molecular weight is 278 g/mol. The quantitative estimate of drug-likeness (QED) is 0.922. The molecule has 0 aromatic heterocycles. The van der Waals surface area contributed by atoms with Gasteiger partial charge >= 0.3 is 6.29 Å². The Kier molecular flexibility index (Phi) is 3.38. The number of nitrogens with two attached hydrogens (primary N) is 1. The maximum absolute atomic E-state index is 13.0. The first-order valence-corrected chi connectivity index (χ1v) is 5.69. The number of halogens is 3. The second-order valence-electron chi connectivity index (χ2n) is 4.63. The molecule has 3 nitrogen and oxygen atoms in total. The normalized spacial score (nSPS) is 21.3. The van der Waals surface area contributed by atoms with Crippen molar-refractivity contribution in [2.75, 3.05) is 0 Å². The van der Waals surface area contributed by atoms with Crippen LogP contribution in [0.25, 0.3) is 0 Å². The third-order valence-electron chi connectivity index (χ3n) is 3.14. The van der Waals surface area contributed by atoms with Crippen LogP contribution in [0.1, 0.15) is 30.9 Å². The Morgan fingerprint density at radius 2 is 2.06 bits per heavy atom. The van der Waals surface area contributed by atoms with E-state index < -0.39 is 6.29 Å². The zero-order valence-corrected chi connectivity index (χ0v) is 10.4. The van der Waals surface area contributed by atoms with E-state index in [9.17, 15) is 8.78 Å². The third kappa shape index (κ3) is 2.52. The molecular weight excluding hydrogens is 264 g/mol. The number of fused-ring (bicyclic) bond motifs is 1. The molecule has 2 N–H and O–H groups in total. The van der Waals surface area contributed by atoms with Crippen molar-refractivity contribution in [3.8, 4) is 11.5 Å². The minimum absolute atomic E-state index is 0. The maximum atomic E-state index is 13.0. The standard InChI is InChI=1S/C12H13F2NO2.ClH/c13-12(14)16-10-3-1-2-8(11(10)17-12)9(15)6-7-4-5-7;/h1-3,7,9H,4-6,15H2;1H/t9-;/m1./s1. The molecule has 1 atom stereocenters. The number of ether oxygens (including phenoxy) is 2. The molecule has 2 aliphatic rings. The van der Waals surface area contributed by atoms with Crippen LogP contribution in [-0.2, 0) is 0 Å². The molecule has 0 unspecified atom stereocenters. The summed E-state index contributed by atoms with van der Waals surface area (Å²) in [6.45, 7) is 0. The summed E-state index contributed by atoms with van der Waals surface area (Å²) >= 11 is 0. The van der Waals surface area contributed by atoms with Gasteiger partial charge in [0, 0.05) is 11.6 Å². The lowest BCUT2D eigenvalue weighted by atomic mass is 10.0. The van der Waals surface area contributed by atoms with Crippen molar-refractivity contribution in [2.24, 2.45) is 11.7 Å². The van der Waals surface area contributed by atoms with Crippen molar-refractivity contribution >= 4 is 12.4 Å². The SMILES string of the molecule is Cl.N[C@H](CC1CC1)c1cccc2c1OC(F)(F)O2. The molecule has 1 aromatic carbocycles. The molecule has 18 heavy (non-hydrogen) atoms. The summed E-state index contributed by atoms with van der Waals surface area (Å²) in [5, 5.41) is 0. The highest BCUT2D eigenvalue weighted by Crippen LogP contribution is 2.46. The molecule has 1 heterocycles. The number of rotatable bonds is 3. The lowest BCUT2D eigenvalue weighted by Crippen LogP contribution is -2.26. The number of para-hydroxylation sites is 1. The van der Waals surface area contributed by atoms with Crippen LogP contribution >= 0.6 is 12.4 Å². The van der Waals surface area contributed by atoms with E-state index in [1.807, 2.05) is 0 Å². The van der Waals surface area contributed by atoms with Crippen molar-refractivity contribution in [1.29, 1.82) is 0 Å². The van der Waals surface area contributed by atoms with Crippen molar-refractivity contribution < 1.29 is 18.3 Å². The highest BCUT2D eigenvalue weighted by atomic mass is 35.5. The van der Waals surface area contributed by atoms with E-state index >= 15 is 0 Å². The summed E-state index contributed by atoms with van der Waals surface area (Å²) in [7, 11) is 0. The van der Waals surface area contributed by atoms with Gasteiger partial charge in [-0.3, -0.25) is 0 Å². The van der Waals surface area contributed by atoms with Gasteiger partial charge in [0.1, 0.15) is 0 Å². The van der Waals surface area contributed by atoms with Gasteiger partial charge in [0.15, 0.2) is 11.5 Å². The first-order chi connectivity index (χ1) is 8.05. The highest BCUT2D eigenvalue weighted by Gasteiger charge is 2.45. The summed E-state index contributed by atoms with van der Waals surface area (Å²) in [5.41, 5.74) is 6.62. The molecule has 6 heteroatoms. The van der Waals surface area contributed by atoms with E-state index in [2.05, 4.69) is 9.47 Å². The zero-order chi connectivity index (χ0) is 12.0. The Labute approximate surface area is 110 Å².